The molecule has 2 aliphatic rings. The van der Waals surface area contributed by atoms with E-state index in [1.807, 2.05) is 7.05 Å². The Morgan fingerprint density at radius 2 is 1.81 bits per heavy atom. The van der Waals surface area contributed by atoms with E-state index in [-0.39, 0.29) is 0 Å². The molecule has 0 aliphatic carbocycles. The van der Waals surface area contributed by atoms with Gasteiger partial charge in [-0.2, -0.15) is 0 Å². The SMILES string of the molecule is CN=C(NCC1CCCN(C)C1c1ccc(OC)cc1)N1CCC(OCCCOC)CC1. The van der Waals surface area contributed by atoms with Gasteiger partial charge in [0.25, 0.3) is 0 Å². The van der Waals surface area contributed by atoms with Gasteiger partial charge in [-0.15, -0.1) is 0 Å². The normalized spacial score (nSPS) is 23.4. The zero-order valence-corrected chi connectivity index (χ0v) is 20.4. The van der Waals surface area contributed by atoms with Crippen LogP contribution in [-0.2, 0) is 9.47 Å². The molecule has 3 rings (SSSR count). The molecule has 0 amide bonds. The summed E-state index contributed by atoms with van der Waals surface area (Å²) in [6.07, 6.45) is 5.88. The van der Waals surface area contributed by atoms with Gasteiger partial charge >= 0.3 is 0 Å². The predicted octanol–water partition coefficient (Wildman–Crippen LogP) is 3.17. The van der Waals surface area contributed by atoms with Gasteiger partial charge in [-0.05, 0) is 69.3 Å². The van der Waals surface area contributed by atoms with Gasteiger partial charge in [-0.3, -0.25) is 9.89 Å². The number of methoxy groups -OCH3 is 2. The van der Waals surface area contributed by atoms with Crippen LogP contribution in [0.4, 0.5) is 0 Å². The number of rotatable bonds is 9. The van der Waals surface area contributed by atoms with Crippen molar-refractivity contribution >= 4 is 5.96 Å². The third kappa shape index (κ3) is 6.83. The van der Waals surface area contributed by atoms with Gasteiger partial charge in [0, 0.05) is 53.0 Å². The summed E-state index contributed by atoms with van der Waals surface area (Å²) in [5.41, 5.74) is 1.36. The van der Waals surface area contributed by atoms with Gasteiger partial charge in [0.05, 0.1) is 13.2 Å². The zero-order chi connectivity index (χ0) is 22.8. The number of benzene rings is 1. The van der Waals surface area contributed by atoms with Crippen LogP contribution >= 0.6 is 0 Å². The van der Waals surface area contributed by atoms with Crippen molar-refractivity contribution in [2.24, 2.45) is 10.9 Å². The molecule has 1 aromatic rings. The Kier molecular flexibility index (Phi) is 10.1. The number of aliphatic imine (C=N–C) groups is 1. The molecule has 2 unspecified atom stereocenters. The van der Waals surface area contributed by atoms with Gasteiger partial charge in [-0.25, -0.2) is 0 Å². The first-order chi connectivity index (χ1) is 15.7. The average molecular weight is 447 g/mol. The fourth-order valence-corrected chi connectivity index (χ4v) is 5.04. The van der Waals surface area contributed by atoms with Crippen molar-refractivity contribution < 1.29 is 14.2 Å². The van der Waals surface area contributed by atoms with Crippen molar-refractivity contribution in [3.8, 4) is 5.75 Å². The third-order valence-electron chi connectivity index (χ3n) is 6.79. The minimum absolute atomic E-state index is 0.354. The number of piperidine rings is 2. The quantitative estimate of drug-likeness (QED) is 0.357. The molecule has 7 heteroatoms. The number of nitrogens with zero attached hydrogens (tertiary/aromatic N) is 3. The van der Waals surface area contributed by atoms with E-state index in [9.17, 15) is 0 Å². The standard InChI is InChI=1S/C25H42N4O3/c1-26-25(29-15-12-23(13-16-29)32-18-6-17-30-3)27-19-21-7-5-14-28(2)24(21)20-8-10-22(31-4)11-9-20/h8-11,21,23-24H,5-7,12-19H2,1-4H3,(H,26,27). The van der Waals surface area contributed by atoms with Crippen molar-refractivity contribution in [3.05, 3.63) is 29.8 Å². The van der Waals surface area contributed by atoms with Crippen LogP contribution in [0.15, 0.2) is 29.3 Å². The predicted molar refractivity (Wildman–Crippen MR) is 129 cm³/mol. The first-order valence-corrected chi connectivity index (χ1v) is 12.1. The molecule has 1 N–H and O–H groups in total. The van der Waals surface area contributed by atoms with E-state index < -0.39 is 0 Å². The van der Waals surface area contributed by atoms with Gasteiger partial charge in [-0.1, -0.05) is 12.1 Å². The van der Waals surface area contributed by atoms with Crippen LogP contribution in [-0.4, -0.2) is 89.6 Å². The van der Waals surface area contributed by atoms with E-state index >= 15 is 0 Å². The molecule has 0 saturated carbocycles. The summed E-state index contributed by atoms with van der Waals surface area (Å²) >= 11 is 0. The first-order valence-electron chi connectivity index (χ1n) is 12.1. The average Bonchev–Trinajstić information content (AvgIpc) is 2.83. The number of ether oxygens (including phenoxy) is 3. The topological polar surface area (TPSA) is 58.6 Å². The van der Waals surface area contributed by atoms with Gasteiger partial charge in [0.15, 0.2) is 5.96 Å². The molecule has 2 atom stereocenters. The van der Waals surface area contributed by atoms with Crippen molar-refractivity contribution in [2.45, 2.75) is 44.2 Å². The molecular weight excluding hydrogens is 404 g/mol. The molecule has 0 aromatic heterocycles. The maximum atomic E-state index is 6.01. The lowest BCUT2D eigenvalue weighted by molar-refractivity contribution is 0.00981. The third-order valence-corrected chi connectivity index (χ3v) is 6.79. The summed E-state index contributed by atoms with van der Waals surface area (Å²) < 4.78 is 16.5. The van der Waals surface area contributed by atoms with Crippen molar-refractivity contribution in [2.75, 3.05) is 67.7 Å². The number of guanidine groups is 1. The number of nitrogens with one attached hydrogen (secondary N) is 1. The second kappa shape index (κ2) is 13.0. The Bertz CT molecular complexity index is 689. The molecular formula is C25H42N4O3. The van der Waals surface area contributed by atoms with Crippen LogP contribution in [0, 0.1) is 5.92 Å². The lowest BCUT2D eigenvalue weighted by Crippen LogP contribution is -2.49. The second-order valence-electron chi connectivity index (χ2n) is 8.93. The molecule has 0 radical (unpaired) electrons. The number of hydrogen-bond donors (Lipinski definition) is 1. The van der Waals surface area contributed by atoms with Crippen molar-refractivity contribution in [1.82, 2.24) is 15.1 Å². The summed E-state index contributed by atoms with van der Waals surface area (Å²) in [6.45, 7) is 5.60. The summed E-state index contributed by atoms with van der Waals surface area (Å²) in [5.74, 6) is 2.47. The van der Waals surface area contributed by atoms with Gasteiger partial charge in [0.1, 0.15) is 5.75 Å². The largest absolute Gasteiger partial charge is 0.497 e. The molecule has 2 fully saturated rings. The van der Waals surface area contributed by atoms with Crippen LogP contribution in [0.3, 0.4) is 0 Å². The fourth-order valence-electron chi connectivity index (χ4n) is 5.04. The van der Waals surface area contributed by atoms with Gasteiger partial charge in [0.2, 0.25) is 0 Å². The Hall–Kier alpha value is -1.83. The van der Waals surface area contributed by atoms with Crippen LogP contribution in [0.2, 0.25) is 0 Å². The van der Waals surface area contributed by atoms with E-state index in [4.69, 9.17) is 14.2 Å². The van der Waals surface area contributed by atoms with Crippen molar-refractivity contribution in [3.63, 3.8) is 0 Å². The van der Waals surface area contributed by atoms with E-state index in [2.05, 4.69) is 51.4 Å². The molecule has 32 heavy (non-hydrogen) atoms. The van der Waals surface area contributed by atoms with E-state index in [1.54, 1.807) is 14.2 Å². The maximum Gasteiger partial charge on any atom is 0.193 e. The summed E-state index contributed by atoms with van der Waals surface area (Å²) in [6, 6.07) is 8.98. The highest BCUT2D eigenvalue weighted by Gasteiger charge is 2.31. The Morgan fingerprint density at radius 3 is 2.47 bits per heavy atom. The maximum absolute atomic E-state index is 6.01. The Morgan fingerprint density at radius 1 is 1.06 bits per heavy atom. The molecule has 180 valence electrons. The Balaban J connectivity index is 1.51. The zero-order valence-electron chi connectivity index (χ0n) is 20.4. The Labute approximate surface area is 194 Å². The van der Waals surface area contributed by atoms with E-state index in [0.717, 1.165) is 70.4 Å². The number of likely N-dealkylation sites (tertiary alicyclic amines) is 2. The lowest BCUT2D eigenvalue weighted by atomic mass is 9.85. The summed E-state index contributed by atoms with van der Waals surface area (Å²) in [5, 5.41) is 3.69. The smallest absolute Gasteiger partial charge is 0.193 e. The first kappa shape index (κ1) is 24.8. The van der Waals surface area contributed by atoms with Crippen LogP contribution in [0.25, 0.3) is 0 Å². The summed E-state index contributed by atoms with van der Waals surface area (Å²) in [7, 11) is 7.59. The molecule has 2 heterocycles. The lowest BCUT2D eigenvalue weighted by Gasteiger charge is -2.41. The minimum atomic E-state index is 0.354. The molecule has 7 nitrogen and oxygen atoms in total. The monoisotopic (exact) mass is 446 g/mol. The van der Waals surface area contributed by atoms with Crippen molar-refractivity contribution in [1.29, 1.82) is 0 Å². The van der Waals surface area contributed by atoms with Crippen LogP contribution in [0.5, 0.6) is 5.75 Å². The molecule has 2 aliphatic heterocycles. The van der Waals surface area contributed by atoms with Crippen LogP contribution in [0.1, 0.15) is 43.7 Å². The van der Waals surface area contributed by atoms with Crippen LogP contribution < -0.4 is 10.1 Å². The molecule has 0 bridgehead atoms. The second-order valence-corrected chi connectivity index (χ2v) is 8.93. The molecule has 2 saturated heterocycles. The highest BCUT2D eigenvalue weighted by Crippen LogP contribution is 2.35. The fraction of sp³-hybridized carbons (Fsp3) is 0.720. The number of hydrogen-bond acceptors (Lipinski definition) is 5. The van der Waals surface area contributed by atoms with E-state index in [0.29, 0.717) is 18.1 Å². The molecule has 0 spiro atoms. The molecule has 1 aromatic carbocycles. The highest BCUT2D eigenvalue weighted by molar-refractivity contribution is 5.80. The highest BCUT2D eigenvalue weighted by atomic mass is 16.5. The van der Waals surface area contributed by atoms with E-state index in [1.165, 1.54) is 18.4 Å². The minimum Gasteiger partial charge on any atom is -0.497 e. The summed E-state index contributed by atoms with van der Waals surface area (Å²) in [4.78, 5) is 9.46. The van der Waals surface area contributed by atoms with Gasteiger partial charge < -0.3 is 24.4 Å².